The Morgan fingerprint density at radius 1 is 1.08 bits per heavy atom. The molecule has 2 N–H and O–H groups in total. The van der Waals surface area contributed by atoms with Crippen molar-refractivity contribution in [2.24, 2.45) is 0 Å². The minimum Gasteiger partial charge on any atom is -0.462 e. The van der Waals surface area contributed by atoms with Crippen LogP contribution in [0.2, 0.25) is 0 Å². The lowest BCUT2D eigenvalue weighted by atomic mass is 9.95. The van der Waals surface area contributed by atoms with E-state index in [2.05, 4.69) is 10.6 Å². The van der Waals surface area contributed by atoms with Crippen LogP contribution in [-0.2, 0) is 22.4 Å². The molecule has 1 aromatic rings. The van der Waals surface area contributed by atoms with Crippen LogP contribution in [-0.4, -0.2) is 31.1 Å². The van der Waals surface area contributed by atoms with Gasteiger partial charge in [0.25, 0.3) is 0 Å². The van der Waals surface area contributed by atoms with Crippen molar-refractivity contribution in [3.05, 3.63) is 16.0 Å². The Hall–Kier alpha value is -1.40. The van der Waals surface area contributed by atoms with Crippen LogP contribution in [0, 0.1) is 0 Å². The van der Waals surface area contributed by atoms with Gasteiger partial charge in [0.15, 0.2) is 0 Å². The van der Waals surface area contributed by atoms with Crippen molar-refractivity contribution in [3.63, 3.8) is 0 Å². The zero-order valence-corrected chi connectivity index (χ0v) is 16.5. The molecule has 0 aromatic carbocycles. The minimum atomic E-state index is -0.307. The van der Waals surface area contributed by atoms with Gasteiger partial charge in [0.05, 0.1) is 18.7 Å². The van der Waals surface area contributed by atoms with Gasteiger partial charge in [0, 0.05) is 10.9 Å². The Kier molecular flexibility index (Phi) is 7.08. The standard InChI is InChI=1S/C20H30N2O3S/c1-2-25-20(24)18-15-11-7-8-12-16(15)26-19(18)22-17(23)13-21-14-9-5-3-4-6-10-14/h14,21H,2-13H2,1H3,(H,22,23). The van der Waals surface area contributed by atoms with E-state index in [9.17, 15) is 9.59 Å². The Morgan fingerprint density at radius 3 is 2.54 bits per heavy atom. The lowest BCUT2D eigenvalue weighted by molar-refractivity contribution is -0.115. The van der Waals surface area contributed by atoms with Crippen LogP contribution in [0.4, 0.5) is 5.00 Å². The summed E-state index contributed by atoms with van der Waals surface area (Å²) in [5, 5.41) is 7.04. The topological polar surface area (TPSA) is 67.4 Å². The van der Waals surface area contributed by atoms with Crippen molar-refractivity contribution in [1.82, 2.24) is 5.32 Å². The number of hydrogen-bond donors (Lipinski definition) is 2. The van der Waals surface area contributed by atoms with E-state index in [4.69, 9.17) is 4.74 Å². The second-order valence-electron chi connectivity index (χ2n) is 7.25. The summed E-state index contributed by atoms with van der Waals surface area (Å²) in [4.78, 5) is 26.1. The highest BCUT2D eigenvalue weighted by atomic mass is 32.1. The number of amides is 1. The molecule has 6 heteroatoms. The van der Waals surface area contributed by atoms with Gasteiger partial charge in [0.2, 0.25) is 5.91 Å². The number of carbonyl (C=O) groups excluding carboxylic acids is 2. The summed E-state index contributed by atoms with van der Waals surface area (Å²) in [7, 11) is 0. The molecule has 1 saturated carbocycles. The van der Waals surface area contributed by atoms with Gasteiger partial charge >= 0.3 is 5.97 Å². The molecule has 0 unspecified atom stereocenters. The molecule has 1 heterocycles. The van der Waals surface area contributed by atoms with Gasteiger partial charge in [-0.05, 0) is 51.0 Å². The number of esters is 1. The molecule has 0 spiro atoms. The highest BCUT2D eigenvalue weighted by Gasteiger charge is 2.27. The van der Waals surface area contributed by atoms with E-state index in [-0.39, 0.29) is 11.9 Å². The molecule has 0 radical (unpaired) electrons. The first kappa shape index (κ1) is 19.4. The van der Waals surface area contributed by atoms with Gasteiger partial charge < -0.3 is 15.4 Å². The maximum absolute atomic E-state index is 12.5. The van der Waals surface area contributed by atoms with Gasteiger partial charge in [-0.25, -0.2) is 4.79 Å². The Bertz CT molecular complexity index is 633. The van der Waals surface area contributed by atoms with Crippen LogP contribution < -0.4 is 10.6 Å². The number of nitrogens with one attached hydrogen (secondary N) is 2. The highest BCUT2D eigenvalue weighted by Crippen LogP contribution is 2.38. The molecule has 0 atom stereocenters. The van der Waals surface area contributed by atoms with E-state index in [1.54, 1.807) is 11.3 Å². The average Bonchev–Trinajstić information content (AvgIpc) is 2.79. The molecule has 1 aromatic heterocycles. The zero-order valence-electron chi connectivity index (χ0n) is 15.7. The van der Waals surface area contributed by atoms with E-state index in [1.807, 2.05) is 6.92 Å². The van der Waals surface area contributed by atoms with Crippen LogP contribution in [0.1, 0.15) is 79.1 Å². The lowest BCUT2D eigenvalue weighted by Crippen LogP contribution is -2.36. The molecule has 0 aliphatic heterocycles. The van der Waals surface area contributed by atoms with E-state index < -0.39 is 0 Å². The van der Waals surface area contributed by atoms with Crippen molar-refractivity contribution in [2.45, 2.75) is 77.2 Å². The number of hydrogen-bond acceptors (Lipinski definition) is 5. The number of anilines is 1. The molecule has 0 bridgehead atoms. The Labute approximate surface area is 159 Å². The fourth-order valence-electron chi connectivity index (χ4n) is 3.96. The SMILES string of the molecule is CCOC(=O)c1c(NC(=O)CNC2CCCCCC2)sc2c1CCCC2. The molecule has 0 saturated heterocycles. The third-order valence-electron chi connectivity index (χ3n) is 5.31. The van der Waals surface area contributed by atoms with Crippen molar-refractivity contribution < 1.29 is 14.3 Å². The average molecular weight is 379 g/mol. The van der Waals surface area contributed by atoms with Crippen molar-refractivity contribution in [1.29, 1.82) is 0 Å². The highest BCUT2D eigenvalue weighted by molar-refractivity contribution is 7.17. The molecular formula is C20H30N2O3S. The molecule has 1 fully saturated rings. The van der Waals surface area contributed by atoms with Gasteiger partial charge in [-0.2, -0.15) is 0 Å². The molecule has 144 valence electrons. The summed E-state index contributed by atoms with van der Waals surface area (Å²) in [6.07, 6.45) is 11.5. The first-order valence-electron chi connectivity index (χ1n) is 10.0. The number of rotatable bonds is 6. The first-order valence-corrected chi connectivity index (χ1v) is 10.9. The van der Waals surface area contributed by atoms with Crippen molar-refractivity contribution in [2.75, 3.05) is 18.5 Å². The predicted molar refractivity (Wildman–Crippen MR) is 105 cm³/mol. The number of fused-ring (bicyclic) bond motifs is 1. The van der Waals surface area contributed by atoms with Crippen LogP contribution in [0.15, 0.2) is 0 Å². The molecule has 2 aliphatic rings. The van der Waals surface area contributed by atoms with Crippen molar-refractivity contribution in [3.8, 4) is 0 Å². The quantitative estimate of drug-likeness (QED) is 0.579. The smallest absolute Gasteiger partial charge is 0.341 e. The number of thiophene rings is 1. The monoisotopic (exact) mass is 378 g/mol. The van der Waals surface area contributed by atoms with E-state index in [0.29, 0.717) is 29.8 Å². The van der Waals surface area contributed by atoms with E-state index in [1.165, 1.54) is 30.6 Å². The third-order valence-corrected chi connectivity index (χ3v) is 6.52. The van der Waals surface area contributed by atoms with Gasteiger partial charge in [-0.3, -0.25) is 4.79 Å². The minimum absolute atomic E-state index is 0.0709. The van der Waals surface area contributed by atoms with Gasteiger partial charge in [0.1, 0.15) is 5.00 Å². The van der Waals surface area contributed by atoms with E-state index >= 15 is 0 Å². The first-order chi connectivity index (χ1) is 12.7. The van der Waals surface area contributed by atoms with Crippen molar-refractivity contribution >= 4 is 28.2 Å². The van der Waals surface area contributed by atoms with Gasteiger partial charge in [-0.1, -0.05) is 25.7 Å². The molecule has 26 heavy (non-hydrogen) atoms. The number of ether oxygens (including phenoxy) is 1. The molecule has 2 aliphatic carbocycles. The molecule has 1 amide bonds. The zero-order chi connectivity index (χ0) is 18.4. The number of carbonyl (C=O) groups is 2. The Morgan fingerprint density at radius 2 is 1.81 bits per heavy atom. The van der Waals surface area contributed by atoms with Crippen LogP contribution >= 0.6 is 11.3 Å². The summed E-state index contributed by atoms with van der Waals surface area (Å²) in [5.74, 6) is -0.377. The third kappa shape index (κ3) is 4.86. The summed E-state index contributed by atoms with van der Waals surface area (Å²) in [6, 6.07) is 0.435. The van der Waals surface area contributed by atoms with E-state index in [0.717, 1.165) is 44.1 Å². The molecule has 5 nitrogen and oxygen atoms in total. The Balaban J connectivity index is 1.65. The fourth-order valence-corrected chi connectivity index (χ4v) is 5.26. The summed E-state index contributed by atoms with van der Waals surface area (Å²) >= 11 is 1.55. The second-order valence-corrected chi connectivity index (χ2v) is 8.36. The lowest BCUT2D eigenvalue weighted by Gasteiger charge is -2.16. The fraction of sp³-hybridized carbons (Fsp3) is 0.700. The summed E-state index contributed by atoms with van der Waals surface area (Å²) in [5.41, 5.74) is 1.68. The van der Waals surface area contributed by atoms with Gasteiger partial charge in [-0.15, -0.1) is 11.3 Å². The van der Waals surface area contributed by atoms with Crippen LogP contribution in [0.25, 0.3) is 0 Å². The largest absolute Gasteiger partial charge is 0.462 e. The molecular weight excluding hydrogens is 348 g/mol. The number of aryl methyl sites for hydroxylation is 1. The summed E-state index contributed by atoms with van der Waals surface area (Å²) < 4.78 is 5.24. The summed E-state index contributed by atoms with van der Waals surface area (Å²) in [6.45, 7) is 2.46. The molecule has 3 rings (SSSR count). The predicted octanol–water partition coefficient (Wildman–Crippen LogP) is 4.05. The van der Waals surface area contributed by atoms with Crippen LogP contribution in [0.5, 0.6) is 0 Å². The maximum Gasteiger partial charge on any atom is 0.341 e. The van der Waals surface area contributed by atoms with Crippen LogP contribution in [0.3, 0.4) is 0 Å². The second kappa shape index (κ2) is 9.51. The maximum atomic E-state index is 12.5. The normalized spacial score (nSPS) is 18.0.